The molecule has 2 heteroatoms. The van der Waals surface area contributed by atoms with E-state index in [4.69, 9.17) is 0 Å². The van der Waals surface area contributed by atoms with Crippen LogP contribution < -0.4 is 0 Å². The van der Waals surface area contributed by atoms with Gasteiger partial charge < -0.3 is 9.13 Å². The van der Waals surface area contributed by atoms with E-state index in [-0.39, 0.29) is 0 Å². The second-order valence-corrected chi connectivity index (χ2v) is 17.9. The van der Waals surface area contributed by atoms with E-state index in [1.54, 1.807) is 0 Å². The number of benzene rings is 10. The molecule has 2 spiro atoms. The van der Waals surface area contributed by atoms with Crippen molar-refractivity contribution >= 4 is 43.6 Å². The third-order valence-corrected chi connectivity index (χ3v) is 15.2. The average molecular weight is 811 g/mol. The van der Waals surface area contributed by atoms with Gasteiger partial charge in [-0.1, -0.05) is 176 Å². The number of rotatable bonds is 2. The number of para-hydroxylation sites is 3. The Labute approximate surface area is 370 Å². The lowest BCUT2D eigenvalue weighted by Crippen LogP contribution is -2.43. The summed E-state index contributed by atoms with van der Waals surface area (Å²) < 4.78 is 4.95. The molecule has 64 heavy (non-hydrogen) atoms. The van der Waals surface area contributed by atoms with E-state index < -0.39 is 10.8 Å². The van der Waals surface area contributed by atoms with Crippen LogP contribution in [0.2, 0.25) is 0 Å². The Morgan fingerprint density at radius 2 is 0.594 bits per heavy atom. The van der Waals surface area contributed by atoms with Crippen molar-refractivity contribution in [2.24, 2.45) is 0 Å². The van der Waals surface area contributed by atoms with Gasteiger partial charge in [0.1, 0.15) is 0 Å². The molecule has 15 rings (SSSR count). The van der Waals surface area contributed by atoms with Gasteiger partial charge in [-0.25, -0.2) is 0 Å². The molecule has 0 bridgehead atoms. The molecule has 2 heterocycles. The van der Waals surface area contributed by atoms with Gasteiger partial charge >= 0.3 is 0 Å². The Balaban J connectivity index is 1.13. The number of nitrogens with zero attached hydrogens (tertiary/aromatic N) is 2. The molecule has 2 nitrogen and oxygen atoms in total. The maximum atomic E-state index is 2.61. The highest BCUT2D eigenvalue weighted by Crippen LogP contribution is 2.68. The SMILES string of the molecule is c1ccc(-n2c3ccccc3c3cc(-n4c5ccccc5c5cc6c(cc54)C4(c5ccccc5-c5ccccc54)c4ccccc4C64c5ccccc5-c5ccccc54)ccc32)cc1. The summed E-state index contributed by atoms with van der Waals surface area (Å²) in [7, 11) is 0. The van der Waals surface area contributed by atoms with Crippen LogP contribution in [0, 0.1) is 0 Å². The maximum absolute atomic E-state index is 2.61. The van der Waals surface area contributed by atoms with Crippen molar-refractivity contribution in [2.75, 3.05) is 0 Å². The van der Waals surface area contributed by atoms with Gasteiger partial charge in [0.15, 0.2) is 0 Å². The van der Waals surface area contributed by atoms with Crippen LogP contribution in [0.4, 0.5) is 0 Å². The largest absolute Gasteiger partial charge is 0.309 e. The lowest BCUT2D eigenvalue weighted by molar-refractivity contribution is 0.634. The van der Waals surface area contributed by atoms with Crippen molar-refractivity contribution in [2.45, 2.75) is 10.8 Å². The molecule has 12 aromatic rings. The molecule has 0 N–H and O–H groups in total. The average Bonchev–Trinajstić information content (AvgIpc) is 4.06. The summed E-state index contributed by atoms with van der Waals surface area (Å²) in [6.45, 7) is 0. The van der Waals surface area contributed by atoms with Gasteiger partial charge in [0.25, 0.3) is 0 Å². The molecule has 3 aliphatic carbocycles. The molecule has 0 radical (unpaired) electrons. The van der Waals surface area contributed by atoms with Crippen molar-refractivity contribution in [3.8, 4) is 33.6 Å². The molecule has 0 unspecified atom stereocenters. The second kappa shape index (κ2) is 12.2. The Bertz CT molecular complexity index is 3880. The molecule has 0 saturated heterocycles. The van der Waals surface area contributed by atoms with E-state index >= 15 is 0 Å². The van der Waals surface area contributed by atoms with Crippen LogP contribution >= 0.6 is 0 Å². The molecule has 10 aromatic carbocycles. The zero-order valence-electron chi connectivity index (χ0n) is 34.8. The highest BCUT2D eigenvalue weighted by molar-refractivity contribution is 6.13. The number of fused-ring (bicyclic) bond motifs is 22. The minimum absolute atomic E-state index is 0.549. The van der Waals surface area contributed by atoms with Crippen LogP contribution in [0.25, 0.3) is 77.2 Å². The van der Waals surface area contributed by atoms with Crippen LogP contribution in [0.15, 0.2) is 231 Å². The number of aromatic nitrogens is 2. The van der Waals surface area contributed by atoms with Gasteiger partial charge in [-0.15, -0.1) is 0 Å². The minimum atomic E-state index is -0.570. The van der Waals surface area contributed by atoms with Crippen molar-refractivity contribution in [1.29, 1.82) is 0 Å². The highest BCUT2D eigenvalue weighted by atomic mass is 15.0. The van der Waals surface area contributed by atoms with E-state index in [2.05, 4.69) is 240 Å². The molecule has 3 aliphatic rings. The molecule has 0 aliphatic heterocycles. The van der Waals surface area contributed by atoms with Crippen LogP contribution in [0.1, 0.15) is 44.5 Å². The predicted molar refractivity (Wildman–Crippen MR) is 263 cm³/mol. The molecule has 0 atom stereocenters. The third-order valence-electron chi connectivity index (χ3n) is 15.2. The molecule has 0 amide bonds. The molecular weight excluding hydrogens is 773 g/mol. The summed E-state index contributed by atoms with van der Waals surface area (Å²) in [5.41, 5.74) is 22.0. The van der Waals surface area contributed by atoms with E-state index in [9.17, 15) is 0 Å². The van der Waals surface area contributed by atoms with Crippen LogP contribution in [-0.4, -0.2) is 9.13 Å². The Morgan fingerprint density at radius 3 is 1.11 bits per heavy atom. The Hall–Kier alpha value is -8.20. The third kappa shape index (κ3) is 3.99. The van der Waals surface area contributed by atoms with E-state index in [0.29, 0.717) is 0 Å². The zero-order valence-corrected chi connectivity index (χ0v) is 34.8. The highest BCUT2D eigenvalue weighted by Gasteiger charge is 2.59. The normalized spacial score (nSPS) is 14.5. The summed E-state index contributed by atoms with van der Waals surface area (Å²) >= 11 is 0. The van der Waals surface area contributed by atoms with Gasteiger partial charge in [0.05, 0.1) is 32.9 Å². The quantitative estimate of drug-likeness (QED) is 0.165. The zero-order chi connectivity index (χ0) is 41.7. The van der Waals surface area contributed by atoms with Gasteiger partial charge in [-0.3, -0.25) is 0 Å². The Kier molecular flexibility index (Phi) is 6.58. The topological polar surface area (TPSA) is 9.86 Å². The second-order valence-electron chi connectivity index (χ2n) is 17.9. The summed E-state index contributed by atoms with van der Waals surface area (Å²) in [4.78, 5) is 0. The van der Waals surface area contributed by atoms with Crippen molar-refractivity contribution < 1.29 is 0 Å². The summed E-state index contributed by atoms with van der Waals surface area (Å²) in [5.74, 6) is 0. The number of hydrogen-bond acceptors (Lipinski definition) is 0. The summed E-state index contributed by atoms with van der Waals surface area (Å²) in [5, 5.41) is 5.00. The monoisotopic (exact) mass is 810 g/mol. The Morgan fingerprint density at radius 1 is 0.219 bits per heavy atom. The van der Waals surface area contributed by atoms with E-state index in [1.807, 2.05) is 0 Å². The van der Waals surface area contributed by atoms with Crippen molar-refractivity contribution in [3.05, 3.63) is 275 Å². The van der Waals surface area contributed by atoms with Gasteiger partial charge in [-0.2, -0.15) is 0 Å². The first-order valence-electron chi connectivity index (χ1n) is 22.4. The first-order valence-corrected chi connectivity index (χ1v) is 22.4. The van der Waals surface area contributed by atoms with E-state index in [1.165, 1.54) is 110 Å². The van der Waals surface area contributed by atoms with Crippen molar-refractivity contribution in [1.82, 2.24) is 9.13 Å². The summed E-state index contributed by atoms with van der Waals surface area (Å²) in [6, 6.07) is 87.2. The van der Waals surface area contributed by atoms with Gasteiger partial charge in [0, 0.05) is 32.9 Å². The molecule has 296 valence electrons. The van der Waals surface area contributed by atoms with Crippen LogP contribution in [-0.2, 0) is 10.8 Å². The molecule has 0 saturated carbocycles. The minimum Gasteiger partial charge on any atom is -0.309 e. The van der Waals surface area contributed by atoms with Crippen LogP contribution in [0.5, 0.6) is 0 Å². The molecular formula is C62H38N2. The number of hydrogen-bond donors (Lipinski definition) is 0. The fourth-order valence-electron chi connectivity index (χ4n) is 12.9. The summed E-state index contributed by atoms with van der Waals surface area (Å²) in [6.07, 6.45) is 0. The molecule has 2 aromatic heterocycles. The predicted octanol–water partition coefficient (Wildman–Crippen LogP) is 14.9. The first kappa shape index (κ1) is 34.4. The van der Waals surface area contributed by atoms with E-state index in [0.717, 1.165) is 11.4 Å². The van der Waals surface area contributed by atoms with Gasteiger partial charge in [-0.05, 0) is 121 Å². The maximum Gasteiger partial charge on any atom is 0.0720 e. The van der Waals surface area contributed by atoms with Crippen LogP contribution in [0.3, 0.4) is 0 Å². The lowest BCUT2D eigenvalue weighted by Gasteiger charge is -2.49. The first-order chi connectivity index (χ1) is 31.8. The molecule has 0 fully saturated rings. The smallest absolute Gasteiger partial charge is 0.0720 e. The lowest BCUT2D eigenvalue weighted by atomic mass is 9.52. The fourth-order valence-corrected chi connectivity index (χ4v) is 12.9. The standard InChI is InChI=1S/C62H38N2/c1-2-18-39(19-3-1)63-57-32-16-8-24-45(57)47-36-40(34-35-59(47)63)64-58-33-17-9-25-46(58)48-37-55-56(38-60(48)64)62(51-28-12-6-22-43(51)44-23-7-13-29-52(44)62)54-31-15-14-30-53(54)61(55)49-26-10-4-20-41(49)42-21-5-11-27-50(42)61/h1-38H. The van der Waals surface area contributed by atoms with Crippen molar-refractivity contribution in [3.63, 3.8) is 0 Å². The fraction of sp³-hybridized carbons (Fsp3) is 0.0323. The van der Waals surface area contributed by atoms with Gasteiger partial charge in [0.2, 0.25) is 0 Å².